The predicted octanol–water partition coefficient (Wildman–Crippen LogP) is 0.304. The van der Waals surface area contributed by atoms with Crippen LogP contribution in [0.4, 0.5) is 4.79 Å². The van der Waals surface area contributed by atoms with Crippen molar-refractivity contribution >= 4 is 17.9 Å². The fourth-order valence-electron chi connectivity index (χ4n) is 2.72. The molecule has 1 saturated carbocycles. The molecule has 1 aliphatic heterocycles. The van der Waals surface area contributed by atoms with Crippen LogP contribution in [0.2, 0.25) is 0 Å². The molecule has 1 heterocycles. The summed E-state index contributed by atoms with van der Waals surface area (Å²) < 4.78 is 0. The molecular formula is C13H21N3O4. The second-order valence-electron chi connectivity index (χ2n) is 5.63. The Hall–Kier alpha value is -1.79. The third-order valence-electron chi connectivity index (χ3n) is 4.15. The fraction of sp³-hybridized carbons (Fsp3) is 0.769. The number of piperidine rings is 1. The number of carbonyl (C=O) groups excluding carboxylic acids is 2. The zero-order chi connectivity index (χ0) is 14.8. The van der Waals surface area contributed by atoms with Crippen LogP contribution in [0, 0.1) is 0 Å². The predicted molar refractivity (Wildman–Crippen MR) is 71.2 cm³/mol. The van der Waals surface area contributed by atoms with Crippen molar-refractivity contribution in [3.63, 3.8) is 0 Å². The van der Waals surface area contributed by atoms with E-state index in [1.165, 1.54) is 6.92 Å². The summed E-state index contributed by atoms with van der Waals surface area (Å²) in [5.41, 5.74) is -1.06. The number of hydrogen-bond donors (Lipinski definition) is 3. The molecule has 0 aromatic carbocycles. The van der Waals surface area contributed by atoms with Gasteiger partial charge in [0.15, 0.2) is 0 Å². The average molecular weight is 283 g/mol. The van der Waals surface area contributed by atoms with Crippen LogP contribution in [0.3, 0.4) is 0 Å². The molecule has 20 heavy (non-hydrogen) atoms. The molecule has 1 aliphatic carbocycles. The van der Waals surface area contributed by atoms with E-state index in [1.54, 1.807) is 4.90 Å². The Morgan fingerprint density at radius 3 is 2.20 bits per heavy atom. The summed E-state index contributed by atoms with van der Waals surface area (Å²) in [5, 5.41) is 14.7. The van der Waals surface area contributed by atoms with Crippen LogP contribution in [0.1, 0.15) is 39.0 Å². The lowest BCUT2D eigenvalue weighted by Gasteiger charge is -2.41. The van der Waals surface area contributed by atoms with E-state index < -0.39 is 11.5 Å². The standard InChI is InChI=1S/C13H21N3O4/c1-9(17)14-10-3-7-16(8-4-10)12(20)15-13(11(18)19)5-2-6-13/h10H,2-8H2,1H3,(H,14,17)(H,15,20)(H,18,19). The molecule has 0 unspecified atom stereocenters. The number of nitrogens with one attached hydrogen (secondary N) is 2. The fourth-order valence-corrected chi connectivity index (χ4v) is 2.72. The van der Waals surface area contributed by atoms with Crippen LogP contribution in [-0.4, -0.2) is 52.6 Å². The molecule has 3 N–H and O–H groups in total. The molecule has 0 aromatic rings. The van der Waals surface area contributed by atoms with Gasteiger partial charge in [-0.05, 0) is 32.1 Å². The van der Waals surface area contributed by atoms with Crippen molar-refractivity contribution in [3.05, 3.63) is 0 Å². The monoisotopic (exact) mass is 283 g/mol. The number of aliphatic carboxylic acids is 1. The first-order chi connectivity index (χ1) is 9.43. The van der Waals surface area contributed by atoms with Crippen molar-refractivity contribution < 1.29 is 19.5 Å². The lowest BCUT2D eigenvalue weighted by atomic mass is 9.77. The molecule has 0 spiro atoms. The Morgan fingerprint density at radius 1 is 1.20 bits per heavy atom. The van der Waals surface area contributed by atoms with Gasteiger partial charge in [-0.15, -0.1) is 0 Å². The first-order valence-corrected chi connectivity index (χ1v) is 7.00. The van der Waals surface area contributed by atoms with Crippen molar-refractivity contribution in [2.75, 3.05) is 13.1 Å². The van der Waals surface area contributed by atoms with Gasteiger partial charge in [-0.3, -0.25) is 4.79 Å². The maximum atomic E-state index is 12.1. The molecule has 7 heteroatoms. The Bertz CT molecular complexity index is 412. The van der Waals surface area contributed by atoms with E-state index in [1.807, 2.05) is 0 Å². The minimum atomic E-state index is -1.06. The van der Waals surface area contributed by atoms with Gasteiger partial charge in [0, 0.05) is 26.1 Å². The Kier molecular flexibility index (Phi) is 4.15. The summed E-state index contributed by atoms with van der Waals surface area (Å²) in [6, 6.07) is -0.206. The molecule has 0 bridgehead atoms. The van der Waals surface area contributed by atoms with Crippen molar-refractivity contribution in [3.8, 4) is 0 Å². The van der Waals surface area contributed by atoms with E-state index in [0.717, 1.165) is 6.42 Å². The summed E-state index contributed by atoms with van der Waals surface area (Å²) in [4.78, 5) is 35.9. The van der Waals surface area contributed by atoms with Gasteiger partial charge in [0.05, 0.1) is 0 Å². The summed E-state index contributed by atoms with van der Waals surface area (Å²) in [6.45, 7) is 2.55. The minimum absolute atomic E-state index is 0.0628. The van der Waals surface area contributed by atoms with Gasteiger partial charge >= 0.3 is 12.0 Å². The number of carboxylic acid groups (broad SMARTS) is 1. The van der Waals surface area contributed by atoms with Gasteiger partial charge < -0.3 is 20.6 Å². The van der Waals surface area contributed by atoms with Crippen LogP contribution < -0.4 is 10.6 Å². The normalized spacial score (nSPS) is 21.8. The zero-order valence-corrected chi connectivity index (χ0v) is 11.6. The summed E-state index contributed by atoms with van der Waals surface area (Å²) in [5.74, 6) is -1.02. The van der Waals surface area contributed by atoms with E-state index >= 15 is 0 Å². The van der Waals surface area contributed by atoms with Crippen LogP contribution in [0.25, 0.3) is 0 Å². The molecule has 7 nitrogen and oxygen atoms in total. The first kappa shape index (κ1) is 14.6. The van der Waals surface area contributed by atoms with Crippen molar-refractivity contribution in [2.24, 2.45) is 0 Å². The number of likely N-dealkylation sites (tertiary alicyclic amines) is 1. The molecule has 1 saturated heterocycles. The average Bonchev–Trinajstić information content (AvgIpc) is 2.33. The summed E-state index contributed by atoms with van der Waals surface area (Å²) in [7, 11) is 0. The van der Waals surface area contributed by atoms with Crippen molar-refractivity contribution in [1.29, 1.82) is 0 Å². The van der Waals surface area contributed by atoms with Crippen molar-refractivity contribution in [2.45, 2.75) is 50.6 Å². The second-order valence-corrected chi connectivity index (χ2v) is 5.63. The van der Waals surface area contributed by atoms with Crippen LogP contribution >= 0.6 is 0 Å². The van der Waals surface area contributed by atoms with Gasteiger partial charge in [-0.1, -0.05) is 0 Å². The molecular weight excluding hydrogens is 262 g/mol. The number of urea groups is 1. The molecule has 2 fully saturated rings. The number of carbonyl (C=O) groups is 3. The third-order valence-corrected chi connectivity index (χ3v) is 4.15. The zero-order valence-electron chi connectivity index (χ0n) is 11.6. The molecule has 3 amide bonds. The maximum absolute atomic E-state index is 12.1. The highest BCUT2D eigenvalue weighted by molar-refractivity contribution is 5.87. The minimum Gasteiger partial charge on any atom is -0.480 e. The SMILES string of the molecule is CC(=O)NC1CCN(C(=O)NC2(C(=O)O)CCC2)CC1. The van der Waals surface area contributed by atoms with E-state index in [9.17, 15) is 19.5 Å². The highest BCUT2D eigenvalue weighted by atomic mass is 16.4. The van der Waals surface area contributed by atoms with Crippen molar-refractivity contribution in [1.82, 2.24) is 15.5 Å². The van der Waals surface area contributed by atoms with E-state index in [0.29, 0.717) is 38.8 Å². The topological polar surface area (TPSA) is 98.7 Å². The quantitative estimate of drug-likeness (QED) is 0.694. The summed E-state index contributed by atoms with van der Waals surface area (Å²) >= 11 is 0. The first-order valence-electron chi connectivity index (χ1n) is 7.00. The van der Waals surface area contributed by atoms with Crippen LogP contribution in [0.15, 0.2) is 0 Å². The number of amides is 3. The van der Waals surface area contributed by atoms with Gasteiger partial charge in [-0.2, -0.15) is 0 Å². The lowest BCUT2D eigenvalue weighted by molar-refractivity contribution is -0.148. The van der Waals surface area contributed by atoms with Crippen LogP contribution in [0.5, 0.6) is 0 Å². The highest BCUT2D eigenvalue weighted by Crippen LogP contribution is 2.32. The van der Waals surface area contributed by atoms with Gasteiger partial charge in [-0.25, -0.2) is 9.59 Å². The van der Waals surface area contributed by atoms with E-state index in [4.69, 9.17) is 0 Å². The number of rotatable bonds is 3. The summed E-state index contributed by atoms with van der Waals surface area (Å²) in [6.07, 6.45) is 3.23. The number of nitrogens with zero attached hydrogens (tertiary/aromatic N) is 1. The molecule has 2 rings (SSSR count). The smallest absolute Gasteiger partial charge is 0.329 e. The van der Waals surface area contributed by atoms with Gasteiger partial charge in [0.2, 0.25) is 5.91 Å². The molecule has 112 valence electrons. The second kappa shape index (κ2) is 5.68. The van der Waals surface area contributed by atoms with Gasteiger partial charge in [0.25, 0.3) is 0 Å². The number of hydrogen-bond acceptors (Lipinski definition) is 3. The lowest BCUT2D eigenvalue weighted by Crippen LogP contribution is -2.62. The molecule has 0 aromatic heterocycles. The van der Waals surface area contributed by atoms with Gasteiger partial charge in [0.1, 0.15) is 5.54 Å². The molecule has 2 aliphatic rings. The Morgan fingerprint density at radius 2 is 1.80 bits per heavy atom. The van der Waals surface area contributed by atoms with E-state index in [-0.39, 0.29) is 18.0 Å². The third kappa shape index (κ3) is 3.02. The Labute approximate surface area is 117 Å². The Balaban J connectivity index is 1.83. The molecule has 0 radical (unpaired) electrons. The largest absolute Gasteiger partial charge is 0.480 e. The van der Waals surface area contributed by atoms with Crippen LogP contribution in [-0.2, 0) is 9.59 Å². The van der Waals surface area contributed by atoms with E-state index in [2.05, 4.69) is 10.6 Å². The maximum Gasteiger partial charge on any atom is 0.329 e. The molecule has 0 atom stereocenters. The number of carboxylic acids is 1. The highest BCUT2D eigenvalue weighted by Gasteiger charge is 2.46.